The maximum atomic E-state index is 13.1. The van der Waals surface area contributed by atoms with E-state index in [1.165, 1.54) is 30.2 Å². The van der Waals surface area contributed by atoms with Gasteiger partial charge in [-0.2, -0.15) is 13.2 Å². The van der Waals surface area contributed by atoms with Crippen molar-refractivity contribution in [2.45, 2.75) is 25.4 Å². The van der Waals surface area contributed by atoms with Crippen molar-refractivity contribution < 1.29 is 37.3 Å². The van der Waals surface area contributed by atoms with Crippen LogP contribution in [-0.2, 0) is 28.5 Å². The number of anilines is 1. The molecule has 0 aliphatic carbocycles. The Morgan fingerprint density at radius 1 is 1.07 bits per heavy atom. The summed E-state index contributed by atoms with van der Waals surface area (Å²) in [5.41, 5.74) is 2.30. The molecule has 1 aliphatic rings. The van der Waals surface area contributed by atoms with Crippen LogP contribution in [0.3, 0.4) is 0 Å². The molecule has 1 aliphatic heterocycles. The predicted molar refractivity (Wildman–Crippen MR) is 146 cm³/mol. The normalized spacial score (nSPS) is 13.7. The Hall–Kier alpha value is -4.80. The van der Waals surface area contributed by atoms with Gasteiger partial charge in [-0.3, -0.25) is 4.90 Å². The minimum absolute atomic E-state index is 0.310. The monoisotopic (exact) mass is 565 g/mol. The number of carbonyl (C=O) groups excluding carboxylic acids is 1. The number of fused-ring (bicyclic) bond motifs is 2. The summed E-state index contributed by atoms with van der Waals surface area (Å²) < 4.78 is 51.6. The van der Waals surface area contributed by atoms with Crippen molar-refractivity contribution in [1.29, 1.82) is 0 Å². The van der Waals surface area contributed by atoms with Crippen LogP contribution in [0.2, 0.25) is 0 Å². The van der Waals surface area contributed by atoms with E-state index in [0.29, 0.717) is 47.9 Å². The number of halogens is 3. The number of carbonyl (C=O) groups is 2. The molecular weight excluding hydrogens is 539 g/mol. The van der Waals surface area contributed by atoms with Crippen LogP contribution in [0.5, 0.6) is 5.75 Å². The average Bonchev–Trinajstić information content (AvgIpc) is 3.38. The summed E-state index contributed by atoms with van der Waals surface area (Å²) in [4.78, 5) is 29.5. The number of benzene rings is 2. The lowest BCUT2D eigenvalue weighted by molar-refractivity contribution is -0.137. The number of esters is 1. The Morgan fingerprint density at radius 2 is 1.85 bits per heavy atom. The van der Waals surface area contributed by atoms with Gasteiger partial charge in [0.25, 0.3) is 0 Å². The fourth-order valence-corrected chi connectivity index (χ4v) is 4.79. The second-order valence-electron chi connectivity index (χ2n) is 9.46. The van der Waals surface area contributed by atoms with Gasteiger partial charge in [0.1, 0.15) is 11.6 Å². The number of carboxylic acid groups (broad SMARTS) is 1. The van der Waals surface area contributed by atoms with Gasteiger partial charge < -0.3 is 19.1 Å². The van der Waals surface area contributed by atoms with Crippen LogP contribution in [0.15, 0.2) is 72.9 Å². The predicted octanol–water partition coefficient (Wildman–Crippen LogP) is 6.17. The number of amides is 1. The summed E-state index contributed by atoms with van der Waals surface area (Å²) >= 11 is 0. The lowest BCUT2D eigenvalue weighted by Gasteiger charge is -2.26. The van der Waals surface area contributed by atoms with Crippen molar-refractivity contribution in [2.75, 3.05) is 25.2 Å². The molecule has 212 valence electrons. The summed E-state index contributed by atoms with van der Waals surface area (Å²) in [6, 6.07) is 15.5. The summed E-state index contributed by atoms with van der Waals surface area (Å²) in [7, 11) is 1.22. The molecule has 0 unspecified atom stereocenters. The number of pyridine rings is 1. The lowest BCUT2D eigenvalue weighted by Crippen LogP contribution is -2.35. The van der Waals surface area contributed by atoms with E-state index in [-0.39, 0.29) is 0 Å². The van der Waals surface area contributed by atoms with E-state index in [2.05, 4.69) is 4.98 Å². The van der Waals surface area contributed by atoms with Crippen molar-refractivity contribution in [3.05, 3.63) is 95.3 Å². The highest BCUT2D eigenvalue weighted by Crippen LogP contribution is 2.32. The second kappa shape index (κ2) is 11.4. The van der Waals surface area contributed by atoms with Crippen molar-refractivity contribution in [3.63, 3.8) is 0 Å². The van der Waals surface area contributed by atoms with Crippen LogP contribution in [0.4, 0.5) is 23.8 Å². The highest BCUT2D eigenvalue weighted by molar-refractivity contribution is 5.95. The molecule has 1 amide bonds. The first-order chi connectivity index (χ1) is 19.6. The number of alkyl halides is 3. The van der Waals surface area contributed by atoms with E-state index < -0.39 is 23.8 Å². The van der Waals surface area contributed by atoms with Gasteiger partial charge in [-0.05, 0) is 66.4 Å². The number of aryl methyl sites for hydroxylation is 1. The van der Waals surface area contributed by atoms with Crippen molar-refractivity contribution in [1.82, 2.24) is 9.55 Å². The van der Waals surface area contributed by atoms with Gasteiger partial charge in [0.15, 0.2) is 0 Å². The van der Waals surface area contributed by atoms with Gasteiger partial charge >= 0.3 is 18.2 Å². The van der Waals surface area contributed by atoms with Gasteiger partial charge in [0, 0.05) is 36.3 Å². The Morgan fingerprint density at radius 3 is 2.56 bits per heavy atom. The number of nitrogens with zero attached hydrogens (tertiary/aromatic N) is 3. The zero-order valence-electron chi connectivity index (χ0n) is 22.0. The Kier molecular flexibility index (Phi) is 7.69. The Balaban J connectivity index is 1.34. The molecule has 3 heterocycles. The zero-order chi connectivity index (χ0) is 29.1. The molecule has 0 spiro atoms. The van der Waals surface area contributed by atoms with Crippen LogP contribution in [-0.4, -0.2) is 47.0 Å². The molecule has 0 bridgehead atoms. The first kappa shape index (κ1) is 27.8. The van der Waals surface area contributed by atoms with Crippen LogP contribution < -0.4 is 9.64 Å². The molecule has 0 saturated carbocycles. The summed E-state index contributed by atoms with van der Waals surface area (Å²) in [5, 5.41) is 10.3. The van der Waals surface area contributed by atoms with Crippen LogP contribution in [0, 0.1) is 0 Å². The number of methoxy groups -OCH3 is 1. The summed E-state index contributed by atoms with van der Waals surface area (Å²) in [6.45, 7) is 0.731. The van der Waals surface area contributed by atoms with E-state index in [1.807, 2.05) is 24.3 Å². The minimum Gasteiger partial charge on any atom is -0.493 e. The third kappa shape index (κ3) is 6.03. The highest BCUT2D eigenvalue weighted by Gasteiger charge is 2.30. The summed E-state index contributed by atoms with van der Waals surface area (Å²) in [5.74, 6) is 0.422. The molecule has 2 aromatic carbocycles. The first-order valence-electron chi connectivity index (χ1n) is 12.8. The van der Waals surface area contributed by atoms with E-state index in [1.54, 1.807) is 22.9 Å². The molecule has 4 aromatic rings. The number of aromatic nitrogens is 2. The van der Waals surface area contributed by atoms with Crippen molar-refractivity contribution >= 4 is 34.5 Å². The average molecular weight is 566 g/mol. The highest BCUT2D eigenvalue weighted by atomic mass is 19.4. The third-order valence-electron chi connectivity index (χ3n) is 6.84. The van der Waals surface area contributed by atoms with Crippen LogP contribution in [0.1, 0.15) is 28.8 Å². The van der Waals surface area contributed by atoms with E-state index in [9.17, 15) is 27.9 Å². The topological polar surface area (TPSA) is 93.9 Å². The molecular formula is C30H26F3N3O5. The number of hydrogen-bond donors (Lipinski definition) is 1. The van der Waals surface area contributed by atoms with Gasteiger partial charge in [-0.1, -0.05) is 18.2 Å². The SMILES string of the molecule is COC(=O)C=C(c1ccc(C(F)(F)F)cc1)n1ccc2cc(OCCc3ccc4c(n3)N(C(=O)O)CCC4)ccc21. The van der Waals surface area contributed by atoms with Crippen LogP contribution in [0.25, 0.3) is 16.6 Å². The van der Waals surface area contributed by atoms with Gasteiger partial charge in [-0.15, -0.1) is 0 Å². The third-order valence-corrected chi connectivity index (χ3v) is 6.84. The number of ether oxygens (including phenoxy) is 2. The van der Waals surface area contributed by atoms with E-state index in [0.717, 1.165) is 41.6 Å². The lowest BCUT2D eigenvalue weighted by atomic mass is 10.1. The molecule has 0 atom stereocenters. The fraction of sp³-hybridized carbons (Fsp3) is 0.233. The Labute approximate surface area is 233 Å². The first-order valence-corrected chi connectivity index (χ1v) is 12.8. The van der Waals surface area contributed by atoms with E-state index in [4.69, 9.17) is 9.47 Å². The molecule has 0 saturated heterocycles. The van der Waals surface area contributed by atoms with Crippen molar-refractivity contribution in [2.24, 2.45) is 0 Å². The molecule has 11 heteroatoms. The minimum atomic E-state index is -4.48. The van der Waals surface area contributed by atoms with Crippen molar-refractivity contribution in [3.8, 4) is 5.75 Å². The molecule has 0 fully saturated rings. The smallest absolute Gasteiger partial charge is 0.416 e. The molecule has 41 heavy (non-hydrogen) atoms. The second-order valence-corrected chi connectivity index (χ2v) is 9.46. The quantitative estimate of drug-likeness (QED) is 0.213. The summed E-state index contributed by atoms with van der Waals surface area (Å²) in [6.07, 6.45) is -0.531. The van der Waals surface area contributed by atoms with E-state index >= 15 is 0 Å². The maximum absolute atomic E-state index is 13.1. The molecule has 8 nitrogen and oxygen atoms in total. The molecule has 0 radical (unpaired) electrons. The van der Waals surface area contributed by atoms with Gasteiger partial charge in [0.2, 0.25) is 0 Å². The van der Waals surface area contributed by atoms with Crippen LogP contribution >= 0.6 is 0 Å². The number of hydrogen-bond acceptors (Lipinski definition) is 5. The Bertz CT molecular complexity index is 1630. The molecule has 1 N–H and O–H groups in total. The molecule has 2 aromatic heterocycles. The largest absolute Gasteiger partial charge is 0.493 e. The number of rotatable bonds is 7. The molecule has 5 rings (SSSR count). The van der Waals surface area contributed by atoms with Gasteiger partial charge in [0.05, 0.1) is 30.5 Å². The van der Waals surface area contributed by atoms with Gasteiger partial charge in [-0.25, -0.2) is 14.6 Å². The zero-order valence-corrected chi connectivity index (χ0v) is 22.0. The maximum Gasteiger partial charge on any atom is 0.416 e. The standard InChI is InChI=1S/C30H26F3N3O5/c1-40-27(37)18-26(19-4-7-22(8-5-19)30(31,32)33)35-15-12-21-17-24(10-11-25(21)35)41-16-13-23-9-6-20-3-2-14-36(29(38)39)28(20)34-23/h4-12,15,17-18H,2-3,13-14,16H2,1H3,(H,38,39). The fourth-order valence-electron chi connectivity index (χ4n) is 4.79.